The molecule has 0 aromatic carbocycles. The first-order valence-corrected chi connectivity index (χ1v) is 12.1. The lowest BCUT2D eigenvalue weighted by atomic mass is 9.60. The van der Waals surface area contributed by atoms with Crippen molar-refractivity contribution in [3.8, 4) is 0 Å². The molecular weight excluding hydrogens is 356 g/mol. The number of allylic oxidation sites excluding steroid dienone is 3. The highest BCUT2D eigenvalue weighted by molar-refractivity contribution is 5.37. The van der Waals surface area contributed by atoms with E-state index in [0.29, 0.717) is 5.41 Å². The van der Waals surface area contributed by atoms with E-state index in [4.69, 9.17) is 0 Å². The lowest BCUT2D eigenvalue weighted by Gasteiger charge is -2.44. The van der Waals surface area contributed by atoms with Crippen LogP contribution in [0.4, 0.5) is 0 Å². The summed E-state index contributed by atoms with van der Waals surface area (Å²) in [5, 5.41) is 20.2. The van der Waals surface area contributed by atoms with Gasteiger partial charge in [-0.3, -0.25) is 0 Å². The maximum absolute atomic E-state index is 10.1. The highest BCUT2D eigenvalue weighted by Gasteiger charge is 2.50. The molecule has 29 heavy (non-hydrogen) atoms. The summed E-state index contributed by atoms with van der Waals surface area (Å²) in [7, 11) is 0. The monoisotopic (exact) mass is 400 g/mol. The standard InChI is InChI=1S/C27H44O2/c1-19(9-7-17-26(3,4)29)23-15-16-24-22(11-8-18-27(23,24)5)14-13-21-10-6-12-25(28)20(21)2/h13-14,19,23-25,28-29H,2,6-12,15-18H2,1,3-5H3/b21-13-,22-14+/t19-,23?,24?,25?,27-/m1/s1. The third-order valence-corrected chi connectivity index (χ3v) is 8.41. The third-order valence-electron chi connectivity index (χ3n) is 8.41. The number of fused-ring (bicyclic) bond motifs is 1. The maximum atomic E-state index is 10.1. The Bertz CT molecular complexity index is 650. The third kappa shape index (κ3) is 5.25. The Morgan fingerprint density at radius 2 is 1.93 bits per heavy atom. The lowest BCUT2D eigenvalue weighted by Crippen LogP contribution is -2.36. The van der Waals surface area contributed by atoms with Crippen LogP contribution >= 0.6 is 0 Å². The van der Waals surface area contributed by atoms with Gasteiger partial charge in [0.1, 0.15) is 0 Å². The number of aliphatic hydroxyl groups is 2. The molecule has 2 nitrogen and oxygen atoms in total. The van der Waals surface area contributed by atoms with E-state index in [1.807, 2.05) is 13.8 Å². The molecule has 3 aliphatic rings. The van der Waals surface area contributed by atoms with Crippen LogP contribution in [0.5, 0.6) is 0 Å². The zero-order chi connectivity index (χ0) is 21.2. The minimum atomic E-state index is -0.535. The van der Waals surface area contributed by atoms with E-state index in [2.05, 4.69) is 32.6 Å². The van der Waals surface area contributed by atoms with Gasteiger partial charge < -0.3 is 10.2 Å². The predicted molar refractivity (Wildman–Crippen MR) is 123 cm³/mol. The topological polar surface area (TPSA) is 40.5 Å². The summed E-state index contributed by atoms with van der Waals surface area (Å²) < 4.78 is 0. The zero-order valence-electron chi connectivity index (χ0n) is 19.3. The molecule has 164 valence electrons. The fourth-order valence-electron chi connectivity index (χ4n) is 6.70. The highest BCUT2D eigenvalue weighted by Crippen LogP contribution is 2.60. The Labute approximate surface area is 179 Å². The summed E-state index contributed by atoms with van der Waals surface area (Å²) in [6.45, 7) is 13.0. The second kappa shape index (κ2) is 9.10. The Morgan fingerprint density at radius 1 is 1.17 bits per heavy atom. The van der Waals surface area contributed by atoms with Crippen molar-refractivity contribution in [2.45, 2.75) is 110 Å². The van der Waals surface area contributed by atoms with Gasteiger partial charge in [0.05, 0.1) is 11.7 Å². The normalized spacial score (nSPS) is 37.2. The Balaban J connectivity index is 1.68. The van der Waals surface area contributed by atoms with Crippen LogP contribution in [0.25, 0.3) is 0 Å². The maximum Gasteiger partial charge on any atom is 0.0787 e. The molecule has 3 saturated carbocycles. The van der Waals surface area contributed by atoms with Gasteiger partial charge in [0.15, 0.2) is 0 Å². The molecule has 0 aromatic heterocycles. The van der Waals surface area contributed by atoms with Crippen LogP contribution in [0.15, 0.2) is 35.5 Å². The van der Waals surface area contributed by atoms with E-state index in [0.717, 1.165) is 55.4 Å². The number of aliphatic hydroxyl groups excluding tert-OH is 1. The van der Waals surface area contributed by atoms with Gasteiger partial charge in [0.2, 0.25) is 0 Å². The van der Waals surface area contributed by atoms with E-state index >= 15 is 0 Å². The van der Waals surface area contributed by atoms with Crippen LogP contribution in [-0.2, 0) is 0 Å². The van der Waals surface area contributed by atoms with Crippen LogP contribution in [0.3, 0.4) is 0 Å². The van der Waals surface area contributed by atoms with Crippen molar-refractivity contribution >= 4 is 0 Å². The van der Waals surface area contributed by atoms with Gasteiger partial charge in [-0.05, 0) is 106 Å². The molecule has 0 heterocycles. The van der Waals surface area contributed by atoms with Crippen molar-refractivity contribution in [1.29, 1.82) is 0 Å². The summed E-state index contributed by atoms with van der Waals surface area (Å²) in [5.74, 6) is 2.26. The van der Waals surface area contributed by atoms with E-state index in [9.17, 15) is 10.2 Å². The molecule has 0 aliphatic heterocycles. The van der Waals surface area contributed by atoms with Gasteiger partial charge in [-0.2, -0.15) is 0 Å². The van der Waals surface area contributed by atoms with Crippen LogP contribution in [-0.4, -0.2) is 21.9 Å². The Hall–Kier alpha value is -0.860. The predicted octanol–water partition coefficient (Wildman–Crippen LogP) is 6.73. The Morgan fingerprint density at radius 3 is 2.66 bits per heavy atom. The first-order valence-electron chi connectivity index (χ1n) is 12.1. The summed E-state index contributed by atoms with van der Waals surface area (Å²) in [6, 6.07) is 0. The van der Waals surface area contributed by atoms with Crippen molar-refractivity contribution < 1.29 is 10.2 Å². The van der Waals surface area contributed by atoms with Gasteiger partial charge >= 0.3 is 0 Å². The van der Waals surface area contributed by atoms with E-state index < -0.39 is 5.60 Å². The van der Waals surface area contributed by atoms with E-state index in [1.165, 1.54) is 44.1 Å². The van der Waals surface area contributed by atoms with E-state index in [1.54, 1.807) is 5.57 Å². The van der Waals surface area contributed by atoms with Crippen LogP contribution in [0, 0.1) is 23.2 Å². The SMILES string of the molecule is C=C1/C(=C\C=C2/CCC[C@@]3(C)C2CCC3[C@H](C)CCCC(C)(C)O)CCCC1O. The van der Waals surface area contributed by atoms with Gasteiger partial charge in [-0.15, -0.1) is 0 Å². The van der Waals surface area contributed by atoms with Crippen molar-refractivity contribution in [3.05, 3.63) is 35.5 Å². The minimum absolute atomic E-state index is 0.342. The first-order chi connectivity index (χ1) is 13.6. The fraction of sp³-hybridized carbons (Fsp3) is 0.778. The molecule has 0 bridgehead atoms. The molecule has 2 N–H and O–H groups in total. The van der Waals surface area contributed by atoms with Gasteiger partial charge in [0, 0.05) is 0 Å². The summed E-state index contributed by atoms with van der Waals surface area (Å²) in [6.07, 6.45) is 17.2. The first kappa shape index (κ1) is 22.8. The number of hydrogen-bond acceptors (Lipinski definition) is 2. The minimum Gasteiger partial charge on any atom is -0.390 e. The van der Waals surface area contributed by atoms with Crippen LogP contribution < -0.4 is 0 Å². The van der Waals surface area contributed by atoms with Crippen LogP contribution in [0.2, 0.25) is 0 Å². The molecule has 0 spiro atoms. The van der Waals surface area contributed by atoms with E-state index in [-0.39, 0.29) is 6.10 Å². The molecule has 3 rings (SSSR count). The lowest BCUT2D eigenvalue weighted by molar-refractivity contribution is 0.0596. The quantitative estimate of drug-likeness (QED) is 0.518. The highest BCUT2D eigenvalue weighted by atomic mass is 16.3. The molecule has 2 heteroatoms. The second-order valence-corrected chi connectivity index (χ2v) is 11.1. The molecule has 5 atom stereocenters. The summed E-state index contributed by atoms with van der Waals surface area (Å²) in [4.78, 5) is 0. The van der Waals surface area contributed by atoms with Gasteiger partial charge in [-0.1, -0.05) is 51.0 Å². The van der Waals surface area contributed by atoms with Crippen molar-refractivity contribution in [2.24, 2.45) is 23.2 Å². The molecule has 0 aromatic rings. The molecule has 3 unspecified atom stereocenters. The molecular formula is C27H44O2. The summed E-state index contributed by atoms with van der Waals surface area (Å²) in [5.41, 5.74) is 3.74. The average molecular weight is 401 g/mol. The smallest absolute Gasteiger partial charge is 0.0787 e. The molecule has 0 saturated heterocycles. The van der Waals surface area contributed by atoms with Gasteiger partial charge in [-0.25, -0.2) is 0 Å². The average Bonchev–Trinajstić information content (AvgIpc) is 2.99. The van der Waals surface area contributed by atoms with Gasteiger partial charge in [0.25, 0.3) is 0 Å². The number of rotatable bonds is 6. The second-order valence-electron chi connectivity index (χ2n) is 11.1. The number of hydrogen-bond donors (Lipinski definition) is 2. The largest absolute Gasteiger partial charge is 0.390 e. The summed E-state index contributed by atoms with van der Waals surface area (Å²) >= 11 is 0. The van der Waals surface area contributed by atoms with Crippen molar-refractivity contribution in [3.63, 3.8) is 0 Å². The van der Waals surface area contributed by atoms with Crippen molar-refractivity contribution in [2.75, 3.05) is 0 Å². The molecule has 0 radical (unpaired) electrons. The van der Waals surface area contributed by atoms with Crippen LogP contribution in [0.1, 0.15) is 98.3 Å². The molecule has 0 amide bonds. The fourth-order valence-corrected chi connectivity index (χ4v) is 6.70. The zero-order valence-corrected chi connectivity index (χ0v) is 19.3. The Kier molecular flexibility index (Phi) is 7.16. The van der Waals surface area contributed by atoms with Crippen molar-refractivity contribution in [1.82, 2.24) is 0 Å². The molecule has 3 fully saturated rings. The molecule has 3 aliphatic carbocycles.